The minimum absolute atomic E-state index is 0.579. The summed E-state index contributed by atoms with van der Waals surface area (Å²) in [5.74, 6) is 2.10. The number of hydrogen-bond acceptors (Lipinski definition) is 10. The third-order valence-electron chi connectivity index (χ3n) is 7.41. The molecule has 38 heavy (non-hydrogen) atoms. The van der Waals surface area contributed by atoms with Crippen molar-refractivity contribution < 1.29 is 14.2 Å². The quantitative estimate of drug-likeness (QED) is 0.399. The highest BCUT2D eigenvalue weighted by molar-refractivity contribution is 5.77. The van der Waals surface area contributed by atoms with Crippen molar-refractivity contribution in [2.45, 2.75) is 6.04 Å². The van der Waals surface area contributed by atoms with Crippen molar-refractivity contribution in [3.63, 3.8) is 0 Å². The Hall–Kier alpha value is -4.09. The molecular weight excluding hydrogens is 484 g/mol. The van der Waals surface area contributed by atoms with E-state index in [1.165, 1.54) is 0 Å². The maximum absolute atomic E-state index is 5.82. The highest BCUT2D eigenvalue weighted by atomic mass is 16.5. The Morgan fingerprint density at radius 1 is 1.11 bits per heavy atom. The van der Waals surface area contributed by atoms with Gasteiger partial charge in [0, 0.05) is 74.8 Å². The Kier molecular flexibility index (Phi) is 5.86. The molecule has 0 spiro atoms. The molecular formula is C27H30N8O3. The number of fused-ring (bicyclic) bond motifs is 2. The van der Waals surface area contributed by atoms with Crippen LogP contribution in [0.4, 0.5) is 22.9 Å². The number of imidazole rings is 1. The van der Waals surface area contributed by atoms with Gasteiger partial charge in [-0.3, -0.25) is 4.90 Å². The smallest absolute Gasteiger partial charge is 0.237 e. The lowest BCUT2D eigenvalue weighted by Gasteiger charge is -2.43. The molecule has 3 aliphatic heterocycles. The number of anilines is 4. The molecule has 3 aromatic heterocycles. The topological polar surface area (TPSA) is 101 Å². The summed E-state index contributed by atoms with van der Waals surface area (Å²) in [6, 6.07) is 8.81. The molecule has 11 nitrogen and oxygen atoms in total. The first kappa shape index (κ1) is 23.1. The van der Waals surface area contributed by atoms with Gasteiger partial charge in [0.2, 0.25) is 5.88 Å². The number of piperazine rings is 1. The van der Waals surface area contributed by atoms with Crippen LogP contribution in [0.3, 0.4) is 0 Å². The summed E-state index contributed by atoms with van der Waals surface area (Å²) >= 11 is 0. The van der Waals surface area contributed by atoms with Crippen LogP contribution in [0.2, 0.25) is 0 Å². The van der Waals surface area contributed by atoms with Gasteiger partial charge in [-0.05, 0) is 18.2 Å². The van der Waals surface area contributed by atoms with Gasteiger partial charge in [0.1, 0.15) is 12.4 Å². The van der Waals surface area contributed by atoms with Crippen LogP contribution in [0.15, 0.2) is 49.1 Å². The molecule has 0 saturated carbocycles. The third kappa shape index (κ3) is 4.23. The van der Waals surface area contributed by atoms with Crippen LogP contribution >= 0.6 is 0 Å². The summed E-state index contributed by atoms with van der Waals surface area (Å²) < 4.78 is 18.8. The van der Waals surface area contributed by atoms with Crippen LogP contribution < -0.4 is 25.0 Å². The van der Waals surface area contributed by atoms with E-state index < -0.39 is 0 Å². The fourth-order valence-corrected chi connectivity index (χ4v) is 5.24. The van der Waals surface area contributed by atoms with Gasteiger partial charge in [-0.25, -0.2) is 15.0 Å². The van der Waals surface area contributed by atoms with E-state index in [2.05, 4.69) is 42.5 Å². The highest BCUT2D eigenvalue weighted by Crippen LogP contribution is 2.35. The lowest BCUT2D eigenvalue weighted by atomic mass is 10.1. The predicted molar refractivity (Wildman–Crippen MR) is 145 cm³/mol. The van der Waals surface area contributed by atoms with Crippen LogP contribution in [0, 0.1) is 0 Å². The van der Waals surface area contributed by atoms with E-state index in [-0.39, 0.29) is 0 Å². The SMILES string of the molecule is COc1cc(Nc2nc(-c3cnc4c(c3)NCCO4)cn3ccnc23)ccc1N1CCN(C2COC2)CC1. The molecule has 3 aliphatic rings. The number of benzene rings is 1. The Morgan fingerprint density at radius 3 is 2.82 bits per heavy atom. The van der Waals surface area contributed by atoms with Gasteiger partial charge < -0.3 is 34.1 Å². The van der Waals surface area contributed by atoms with Crippen molar-refractivity contribution >= 4 is 28.5 Å². The Balaban J connectivity index is 1.15. The first-order valence-electron chi connectivity index (χ1n) is 13.0. The Labute approximate surface area is 220 Å². The second kappa shape index (κ2) is 9.66. The van der Waals surface area contributed by atoms with Crippen LogP contribution in [0.5, 0.6) is 11.6 Å². The number of aromatic nitrogens is 4. The maximum Gasteiger partial charge on any atom is 0.237 e. The minimum atomic E-state index is 0.579. The van der Waals surface area contributed by atoms with E-state index >= 15 is 0 Å². The zero-order valence-electron chi connectivity index (χ0n) is 21.3. The number of rotatable bonds is 6. The molecule has 0 bridgehead atoms. The normalized spacial score (nSPS) is 17.9. The van der Waals surface area contributed by atoms with Gasteiger partial charge in [0.15, 0.2) is 11.5 Å². The summed E-state index contributed by atoms with van der Waals surface area (Å²) in [6.07, 6.45) is 7.43. The molecule has 0 atom stereocenters. The first-order valence-corrected chi connectivity index (χ1v) is 13.0. The summed E-state index contributed by atoms with van der Waals surface area (Å²) in [5, 5.41) is 6.81. The zero-order valence-corrected chi connectivity index (χ0v) is 21.3. The standard InChI is InChI=1S/C27H30N8O3/c1-36-24-13-19(2-3-23(24)34-9-7-33(8-10-34)20-16-37-17-20)31-25-26-29-4-6-35(26)15-22(32-25)18-12-21-27(30-14-18)38-11-5-28-21/h2-4,6,12-15,20,28H,5,7-11,16-17H2,1H3,(H,31,32). The van der Waals surface area contributed by atoms with Crippen LogP contribution in [0.25, 0.3) is 16.9 Å². The minimum Gasteiger partial charge on any atom is -0.495 e. The number of nitrogens with one attached hydrogen (secondary N) is 2. The molecule has 7 rings (SSSR count). The second-order valence-electron chi connectivity index (χ2n) is 9.71. The average molecular weight is 515 g/mol. The van der Waals surface area contributed by atoms with E-state index in [4.69, 9.17) is 19.2 Å². The molecule has 2 N–H and O–H groups in total. The lowest BCUT2D eigenvalue weighted by molar-refractivity contribution is -0.0660. The van der Waals surface area contributed by atoms with Gasteiger partial charge in [-0.2, -0.15) is 0 Å². The van der Waals surface area contributed by atoms with E-state index in [0.29, 0.717) is 24.3 Å². The average Bonchev–Trinajstić information content (AvgIpc) is 3.41. The lowest BCUT2D eigenvalue weighted by Crippen LogP contribution is -2.56. The van der Waals surface area contributed by atoms with E-state index in [0.717, 1.165) is 85.7 Å². The van der Waals surface area contributed by atoms with E-state index in [1.54, 1.807) is 19.5 Å². The monoisotopic (exact) mass is 514 g/mol. The molecule has 4 aromatic rings. The molecule has 0 aliphatic carbocycles. The van der Waals surface area contributed by atoms with Crippen molar-refractivity contribution in [3.8, 4) is 22.9 Å². The molecule has 6 heterocycles. The fraction of sp³-hybridized carbons (Fsp3) is 0.370. The van der Waals surface area contributed by atoms with Crippen molar-refractivity contribution in [3.05, 3.63) is 49.1 Å². The molecule has 2 fully saturated rings. The summed E-state index contributed by atoms with van der Waals surface area (Å²) in [6.45, 7) is 7.08. The summed E-state index contributed by atoms with van der Waals surface area (Å²) in [5.41, 5.74) is 5.26. The van der Waals surface area contributed by atoms with Gasteiger partial charge in [-0.15, -0.1) is 0 Å². The Morgan fingerprint density at radius 2 is 2.00 bits per heavy atom. The van der Waals surface area contributed by atoms with Crippen LogP contribution in [-0.2, 0) is 4.74 Å². The molecule has 196 valence electrons. The van der Waals surface area contributed by atoms with Crippen molar-refractivity contribution in [1.29, 1.82) is 0 Å². The van der Waals surface area contributed by atoms with Crippen LogP contribution in [-0.4, -0.2) is 89.9 Å². The number of ether oxygens (including phenoxy) is 3. The number of hydrogen-bond donors (Lipinski definition) is 2. The number of pyridine rings is 1. The van der Waals surface area contributed by atoms with Crippen molar-refractivity contribution in [2.24, 2.45) is 0 Å². The molecule has 1 aromatic carbocycles. The van der Waals surface area contributed by atoms with Crippen LogP contribution in [0.1, 0.15) is 0 Å². The van der Waals surface area contributed by atoms with E-state index in [1.807, 2.05) is 28.9 Å². The highest BCUT2D eigenvalue weighted by Gasteiger charge is 2.29. The molecule has 0 unspecified atom stereocenters. The van der Waals surface area contributed by atoms with Gasteiger partial charge in [0.05, 0.1) is 43.4 Å². The van der Waals surface area contributed by atoms with Gasteiger partial charge in [-0.1, -0.05) is 0 Å². The zero-order chi connectivity index (χ0) is 25.5. The van der Waals surface area contributed by atoms with E-state index in [9.17, 15) is 0 Å². The van der Waals surface area contributed by atoms with Gasteiger partial charge >= 0.3 is 0 Å². The molecule has 0 amide bonds. The molecule has 11 heteroatoms. The first-order chi connectivity index (χ1) is 18.7. The van der Waals surface area contributed by atoms with Crippen molar-refractivity contribution in [2.75, 3.05) is 75.2 Å². The number of methoxy groups -OCH3 is 1. The Bertz CT molecular complexity index is 1460. The number of nitrogens with zero attached hydrogens (tertiary/aromatic N) is 6. The fourth-order valence-electron chi connectivity index (χ4n) is 5.24. The molecule has 0 radical (unpaired) electrons. The second-order valence-corrected chi connectivity index (χ2v) is 9.71. The summed E-state index contributed by atoms with van der Waals surface area (Å²) in [7, 11) is 1.72. The van der Waals surface area contributed by atoms with Gasteiger partial charge in [0.25, 0.3) is 0 Å². The predicted octanol–water partition coefficient (Wildman–Crippen LogP) is 2.87. The third-order valence-corrected chi connectivity index (χ3v) is 7.41. The van der Waals surface area contributed by atoms with Crippen molar-refractivity contribution in [1.82, 2.24) is 24.3 Å². The molecule has 2 saturated heterocycles. The summed E-state index contributed by atoms with van der Waals surface area (Å²) in [4.78, 5) is 18.8. The maximum atomic E-state index is 5.82. The largest absolute Gasteiger partial charge is 0.495 e.